The van der Waals surface area contributed by atoms with Gasteiger partial charge in [-0.2, -0.15) is 0 Å². The Balaban J connectivity index is 1.67. The van der Waals surface area contributed by atoms with Gasteiger partial charge in [0, 0.05) is 36.1 Å². The zero-order valence-electron chi connectivity index (χ0n) is 10.7. The van der Waals surface area contributed by atoms with Gasteiger partial charge in [-0.1, -0.05) is 0 Å². The summed E-state index contributed by atoms with van der Waals surface area (Å²) < 4.78 is 6.25. The molecule has 1 N–H and O–H groups in total. The molecule has 1 aliphatic heterocycles. The molecule has 1 amide bonds. The van der Waals surface area contributed by atoms with Gasteiger partial charge in [-0.3, -0.25) is 9.78 Å². The van der Waals surface area contributed by atoms with E-state index >= 15 is 0 Å². The molecule has 1 unspecified atom stereocenters. The third-order valence-electron chi connectivity index (χ3n) is 4.43. The van der Waals surface area contributed by atoms with E-state index in [4.69, 9.17) is 4.74 Å². The first-order valence-corrected chi connectivity index (χ1v) is 7.48. The van der Waals surface area contributed by atoms with Crippen molar-refractivity contribution >= 4 is 21.8 Å². The number of amides is 1. The van der Waals surface area contributed by atoms with Crippen molar-refractivity contribution in [2.45, 2.75) is 31.7 Å². The van der Waals surface area contributed by atoms with Gasteiger partial charge in [0.05, 0.1) is 5.56 Å². The van der Waals surface area contributed by atoms with E-state index in [-0.39, 0.29) is 11.3 Å². The number of nitrogens with zero attached hydrogens (tertiary/aromatic N) is 1. The lowest BCUT2D eigenvalue weighted by atomic mass is 9.60. The zero-order chi connectivity index (χ0) is 13.3. The van der Waals surface area contributed by atoms with E-state index in [9.17, 15) is 4.79 Å². The second-order valence-corrected chi connectivity index (χ2v) is 6.35. The van der Waals surface area contributed by atoms with Crippen LogP contribution in [0.4, 0.5) is 0 Å². The molecule has 19 heavy (non-hydrogen) atoms. The second kappa shape index (κ2) is 5.21. The molecule has 1 saturated heterocycles. The van der Waals surface area contributed by atoms with Crippen LogP contribution in [0.3, 0.4) is 0 Å². The van der Waals surface area contributed by atoms with Crippen LogP contribution in [0.25, 0.3) is 0 Å². The summed E-state index contributed by atoms with van der Waals surface area (Å²) in [5, 5.41) is 3.17. The van der Waals surface area contributed by atoms with Crippen molar-refractivity contribution in [3.05, 3.63) is 28.5 Å². The molecular weight excluding hydrogens is 308 g/mol. The fraction of sp³-hybridized carbons (Fsp3) is 0.571. The molecule has 1 atom stereocenters. The quantitative estimate of drug-likeness (QED) is 0.909. The molecular formula is C14H17BrN2O2. The number of aromatic nitrogens is 1. The number of halogens is 1. The average molecular weight is 325 g/mol. The number of ether oxygens (including phenoxy) is 1. The third kappa shape index (κ3) is 2.54. The maximum Gasteiger partial charge on any atom is 0.253 e. The van der Waals surface area contributed by atoms with Crippen molar-refractivity contribution in [1.29, 1.82) is 0 Å². The molecule has 4 nitrogen and oxygen atoms in total. The fourth-order valence-corrected chi connectivity index (χ4v) is 3.44. The maximum absolute atomic E-state index is 12.2. The molecule has 1 aromatic rings. The molecule has 2 heterocycles. The first kappa shape index (κ1) is 13.1. The summed E-state index contributed by atoms with van der Waals surface area (Å²) in [6.45, 7) is 1.65. The van der Waals surface area contributed by atoms with Crippen molar-refractivity contribution in [3.63, 3.8) is 0 Å². The lowest BCUT2D eigenvalue weighted by Gasteiger charge is -2.52. The SMILES string of the molecule is O=C(NC1CCC12CCOCC2)c1cncc(Br)c1. The highest BCUT2D eigenvalue weighted by atomic mass is 79.9. The van der Waals surface area contributed by atoms with Gasteiger partial charge in [0.25, 0.3) is 5.91 Å². The number of carbonyl (C=O) groups is 1. The van der Waals surface area contributed by atoms with Crippen molar-refractivity contribution in [2.24, 2.45) is 5.41 Å². The largest absolute Gasteiger partial charge is 0.381 e. The Hall–Kier alpha value is -0.940. The topological polar surface area (TPSA) is 51.2 Å². The van der Waals surface area contributed by atoms with Crippen LogP contribution < -0.4 is 5.32 Å². The van der Waals surface area contributed by atoms with E-state index in [1.165, 1.54) is 6.42 Å². The highest BCUT2D eigenvalue weighted by Gasteiger charge is 2.47. The summed E-state index contributed by atoms with van der Waals surface area (Å²) in [6, 6.07) is 2.10. The van der Waals surface area contributed by atoms with Crippen LogP contribution in [0.1, 0.15) is 36.0 Å². The van der Waals surface area contributed by atoms with Gasteiger partial charge in [0.1, 0.15) is 0 Å². The molecule has 0 radical (unpaired) electrons. The molecule has 1 spiro atoms. The van der Waals surface area contributed by atoms with E-state index in [0.717, 1.165) is 36.9 Å². The lowest BCUT2D eigenvalue weighted by Crippen LogP contribution is -2.57. The Kier molecular flexibility index (Phi) is 3.58. The van der Waals surface area contributed by atoms with E-state index in [1.54, 1.807) is 18.5 Å². The molecule has 0 aromatic carbocycles. The number of hydrogen-bond donors (Lipinski definition) is 1. The van der Waals surface area contributed by atoms with Gasteiger partial charge in [-0.25, -0.2) is 0 Å². The molecule has 2 aliphatic rings. The smallest absolute Gasteiger partial charge is 0.253 e. The minimum absolute atomic E-state index is 0.0237. The highest BCUT2D eigenvalue weighted by Crippen LogP contribution is 2.48. The lowest BCUT2D eigenvalue weighted by molar-refractivity contribution is -0.0523. The van der Waals surface area contributed by atoms with Crippen LogP contribution in [0.15, 0.2) is 22.9 Å². The standard InChI is InChI=1S/C14H17BrN2O2/c15-11-7-10(8-16-9-11)13(18)17-12-1-2-14(12)3-5-19-6-4-14/h7-9,12H,1-6H2,(H,17,18). The second-order valence-electron chi connectivity index (χ2n) is 5.43. The first-order valence-electron chi connectivity index (χ1n) is 6.69. The number of hydrogen-bond acceptors (Lipinski definition) is 3. The molecule has 0 bridgehead atoms. The van der Waals surface area contributed by atoms with Crippen LogP contribution in [-0.4, -0.2) is 30.1 Å². The summed E-state index contributed by atoms with van der Waals surface area (Å²) in [6.07, 6.45) is 7.70. The van der Waals surface area contributed by atoms with Gasteiger partial charge in [-0.15, -0.1) is 0 Å². The highest BCUT2D eigenvalue weighted by molar-refractivity contribution is 9.10. The monoisotopic (exact) mass is 324 g/mol. The number of nitrogens with one attached hydrogen (secondary N) is 1. The zero-order valence-corrected chi connectivity index (χ0v) is 12.3. The number of pyridine rings is 1. The van der Waals surface area contributed by atoms with Gasteiger partial charge < -0.3 is 10.1 Å². The first-order chi connectivity index (χ1) is 9.20. The molecule has 3 rings (SSSR count). The summed E-state index contributed by atoms with van der Waals surface area (Å²) in [5.74, 6) is -0.0237. The summed E-state index contributed by atoms with van der Waals surface area (Å²) in [4.78, 5) is 16.3. The van der Waals surface area contributed by atoms with Crippen LogP contribution in [-0.2, 0) is 4.74 Å². The number of carbonyl (C=O) groups excluding carboxylic acids is 1. The van der Waals surface area contributed by atoms with E-state index < -0.39 is 0 Å². The van der Waals surface area contributed by atoms with Gasteiger partial charge in [-0.05, 0) is 53.1 Å². The number of rotatable bonds is 2. The van der Waals surface area contributed by atoms with Crippen LogP contribution in [0, 0.1) is 5.41 Å². The predicted molar refractivity (Wildman–Crippen MR) is 74.9 cm³/mol. The predicted octanol–water partition coefficient (Wildman–Crippen LogP) is 2.53. The Labute approximate surface area is 121 Å². The minimum atomic E-state index is -0.0237. The van der Waals surface area contributed by atoms with Crippen LogP contribution >= 0.6 is 15.9 Å². The summed E-state index contributed by atoms with van der Waals surface area (Å²) >= 11 is 3.34. The normalized spacial score (nSPS) is 24.8. The fourth-order valence-electron chi connectivity index (χ4n) is 3.08. The van der Waals surface area contributed by atoms with E-state index in [0.29, 0.717) is 11.6 Å². The molecule has 1 saturated carbocycles. The van der Waals surface area contributed by atoms with E-state index in [1.807, 2.05) is 0 Å². The van der Waals surface area contributed by atoms with E-state index in [2.05, 4.69) is 26.2 Å². The van der Waals surface area contributed by atoms with Crippen LogP contribution in [0.5, 0.6) is 0 Å². The van der Waals surface area contributed by atoms with Gasteiger partial charge in [0.2, 0.25) is 0 Å². The Morgan fingerprint density at radius 2 is 2.16 bits per heavy atom. The Bertz CT molecular complexity index is 486. The van der Waals surface area contributed by atoms with Crippen LogP contribution in [0.2, 0.25) is 0 Å². The summed E-state index contributed by atoms with van der Waals surface area (Å²) in [5.41, 5.74) is 0.899. The van der Waals surface area contributed by atoms with Crippen molar-refractivity contribution in [2.75, 3.05) is 13.2 Å². The Morgan fingerprint density at radius 3 is 2.79 bits per heavy atom. The third-order valence-corrected chi connectivity index (χ3v) is 4.86. The minimum Gasteiger partial charge on any atom is -0.381 e. The van der Waals surface area contributed by atoms with Crippen molar-refractivity contribution in [3.8, 4) is 0 Å². The molecule has 2 fully saturated rings. The molecule has 1 aliphatic carbocycles. The van der Waals surface area contributed by atoms with Gasteiger partial charge in [0.15, 0.2) is 0 Å². The molecule has 1 aromatic heterocycles. The van der Waals surface area contributed by atoms with Crippen molar-refractivity contribution < 1.29 is 9.53 Å². The van der Waals surface area contributed by atoms with Gasteiger partial charge >= 0.3 is 0 Å². The maximum atomic E-state index is 12.2. The van der Waals surface area contributed by atoms with Crippen molar-refractivity contribution in [1.82, 2.24) is 10.3 Å². The Morgan fingerprint density at radius 1 is 1.37 bits per heavy atom. The average Bonchev–Trinajstić information content (AvgIpc) is 2.44. The molecule has 102 valence electrons. The molecule has 5 heteroatoms. The summed E-state index contributed by atoms with van der Waals surface area (Å²) in [7, 11) is 0.